The van der Waals surface area contributed by atoms with Crippen LogP contribution in [-0.4, -0.2) is 52.5 Å². The average Bonchev–Trinajstić information content (AvgIpc) is 2.28. The molecule has 0 aliphatic rings. The highest BCUT2D eigenvalue weighted by Gasteiger charge is 2.01. The van der Waals surface area contributed by atoms with Crippen molar-refractivity contribution in [2.24, 2.45) is 4.99 Å². The van der Waals surface area contributed by atoms with E-state index in [0.29, 0.717) is 25.3 Å². The molecule has 0 bridgehead atoms. The largest absolute Gasteiger partial charge is 0.340 e. The predicted octanol–water partition coefficient (Wildman–Crippen LogP) is 0.265. The lowest BCUT2D eigenvalue weighted by atomic mass is 10.4. The minimum atomic E-state index is 0. The molecule has 0 amide bonds. The molecule has 0 aromatic carbocycles. The average molecular weight is 317 g/mol. The number of halogens is 1. The summed E-state index contributed by atoms with van der Waals surface area (Å²) in [6.07, 6.45) is 1.52. The fraction of sp³-hybridized carbons (Fsp3) is 0.900. The Balaban J connectivity index is 0. The van der Waals surface area contributed by atoms with Crippen molar-refractivity contribution in [3.63, 3.8) is 0 Å². The van der Waals surface area contributed by atoms with Gasteiger partial charge in [-0.1, -0.05) is 11.8 Å². The van der Waals surface area contributed by atoms with Gasteiger partial charge in [0.15, 0.2) is 0 Å². The molecule has 0 heterocycles. The molecule has 0 aliphatic heterocycles. The van der Waals surface area contributed by atoms with Crippen molar-refractivity contribution in [2.75, 3.05) is 46.6 Å². The van der Waals surface area contributed by atoms with Crippen LogP contribution in [0, 0.1) is 0 Å². The summed E-state index contributed by atoms with van der Waals surface area (Å²) >= 11 is 4.72. The fourth-order valence-corrected chi connectivity index (χ4v) is 1.39. The third-order valence-corrected chi connectivity index (χ3v) is 2.43. The number of quaternary nitrogens is 1. The molecule has 0 fully saturated rings. The van der Waals surface area contributed by atoms with Gasteiger partial charge in [0.25, 0.3) is 0 Å². The summed E-state index contributed by atoms with van der Waals surface area (Å²) < 4.78 is 0. The van der Waals surface area contributed by atoms with Crippen LogP contribution in [0.2, 0.25) is 0 Å². The maximum Gasteiger partial charge on any atom is 0.241 e. The van der Waals surface area contributed by atoms with E-state index in [0.717, 1.165) is 26.9 Å². The van der Waals surface area contributed by atoms with Crippen molar-refractivity contribution in [3.05, 3.63) is 0 Å². The van der Waals surface area contributed by atoms with Crippen LogP contribution in [0.4, 0.5) is 0 Å². The Morgan fingerprint density at radius 3 is 2.72 bits per heavy atom. The SMILES string of the molecule is CCN=C(CNCCC[NH+](C)C)OOCP=S.Cl. The quantitative estimate of drug-likeness (QED) is 0.152. The first kappa shape index (κ1) is 20.5. The fourth-order valence-electron chi connectivity index (χ4n) is 1.17. The normalized spacial score (nSPS) is 11.7. The van der Waals surface area contributed by atoms with Gasteiger partial charge in [0.1, 0.15) is 6.35 Å². The van der Waals surface area contributed by atoms with Crippen LogP contribution >= 0.6 is 19.8 Å². The lowest BCUT2D eigenvalue weighted by Gasteiger charge is -2.09. The lowest BCUT2D eigenvalue weighted by molar-refractivity contribution is -0.858. The number of hydrogen-bond acceptors (Lipinski definition) is 5. The Bertz CT molecular complexity index is 233. The Kier molecular flexibility index (Phi) is 17.3. The first-order valence-corrected chi connectivity index (χ1v) is 7.91. The van der Waals surface area contributed by atoms with Gasteiger partial charge in [0, 0.05) is 26.9 Å². The number of hydrogen-bond donors (Lipinski definition) is 2. The van der Waals surface area contributed by atoms with E-state index in [4.69, 9.17) is 21.6 Å². The van der Waals surface area contributed by atoms with Gasteiger partial charge in [-0.3, -0.25) is 4.99 Å². The zero-order chi connectivity index (χ0) is 12.9. The van der Waals surface area contributed by atoms with Crippen molar-refractivity contribution >= 4 is 37.5 Å². The summed E-state index contributed by atoms with van der Waals surface area (Å²) in [5, 5.41) is 3.28. The Hall–Kier alpha value is 0.160. The topological polar surface area (TPSA) is 47.3 Å². The molecule has 0 spiro atoms. The zero-order valence-electron chi connectivity index (χ0n) is 11.3. The van der Waals surface area contributed by atoms with E-state index in [1.54, 1.807) is 0 Å². The first-order valence-electron chi connectivity index (χ1n) is 5.82. The van der Waals surface area contributed by atoms with E-state index < -0.39 is 0 Å². The number of nitrogens with zero attached hydrogens (tertiary/aromatic N) is 1. The van der Waals surface area contributed by atoms with Crippen LogP contribution in [0.3, 0.4) is 0 Å². The van der Waals surface area contributed by atoms with E-state index in [1.165, 1.54) is 4.90 Å². The summed E-state index contributed by atoms with van der Waals surface area (Å²) in [6.45, 7) is 5.36. The third kappa shape index (κ3) is 14.2. The van der Waals surface area contributed by atoms with Crippen LogP contribution in [0.25, 0.3) is 0 Å². The summed E-state index contributed by atoms with van der Waals surface area (Å²) in [6, 6.07) is 0. The van der Waals surface area contributed by atoms with E-state index in [-0.39, 0.29) is 12.4 Å². The standard InChI is InChI=1S/C10H22N3O2PS.ClH/c1-4-12-10(15-14-9-16-17)8-11-6-5-7-13(2)3;/h11H,4-9H2,1-3H3;1H/p+1. The maximum absolute atomic E-state index is 5.06. The second-order valence-electron chi connectivity index (χ2n) is 3.81. The lowest BCUT2D eigenvalue weighted by Crippen LogP contribution is -3.05. The minimum Gasteiger partial charge on any atom is -0.340 e. The van der Waals surface area contributed by atoms with Gasteiger partial charge in [-0.2, -0.15) is 4.89 Å². The van der Waals surface area contributed by atoms with Gasteiger partial charge < -0.3 is 15.1 Å². The zero-order valence-corrected chi connectivity index (χ0v) is 13.8. The monoisotopic (exact) mass is 316 g/mol. The summed E-state index contributed by atoms with van der Waals surface area (Å²) in [5.74, 6) is 0.586. The number of aliphatic imine (C=N–C) groups is 1. The molecule has 0 unspecified atom stereocenters. The second-order valence-corrected chi connectivity index (χ2v) is 5.11. The molecule has 8 heteroatoms. The van der Waals surface area contributed by atoms with Crippen molar-refractivity contribution in [3.8, 4) is 0 Å². The van der Waals surface area contributed by atoms with Gasteiger partial charge in [0.05, 0.1) is 27.2 Å². The highest BCUT2D eigenvalue weighted by Crippen LogP contribution is 1.94. The molecule has 0 radical (unpaired) electrons. The van der Waals surface area contributed by atoms with Gasteiger partial charge in [-0.05, 0) is 6.92 Å². The molecular weight excluding hydrogens is 293 g/mol. The highest BCUT2D eigenvalue weighted by molar-refractivity contribution is 7.96. The minimum absolute atomic E-state index is 0. The molecule has 0 saturated carbocycles. The molecule has 108 valence electrons. The van der Waals surface area contributed by atoms with E-state index in [2.05, 4.69) is 24.4 Å². The molecule has 18 heavy (non-hydrogen) atoms. The van der Waals surface area contributed by atoms with E-state index >= 15 is 0 Å². The van der Waals surface area contributed by atoms with Gasteiger partial charge in [-0.25, -0.2) is 0 Å². The van der Waals surface area contributed by atoms with Crippen LogP contribution in [0.1, 0.15) is 13.3 Å². The Labute approximate surface area is 122 Å². The summed E-state index contributed by atoms with van der Waals surface area (Å²) in [7, 11) is 5.03. The summed E-state index contributed by atoms with van der Waals surface area (Å²) in [5.41, 5.74) is 0. The van der Waals surface area contributed by atoms with Crippen molar-refractivity contribution in [2.45, 2.75) is 13.3 Å². The molecule has 5 nitrogen and oxygen atoms in total. The molecule has 2 N–H and O–H groups in total. The Morgan fingerprint density at radius 2 is 2.17 bits per heavy atom. The van der Waals surface area contributed by atoms with Crippen LogP contribution < -0.4 is 10.2 Å². The van der Waals surface area contributed by atoms with Crippen molar-refractivity contribution in [1.29, 1.82) is 0 Å². The Morgan fingerprint density at radius 1 is 1.44 bits per heavy atom. The highest BCUT2D eigenvalue weighted by atomic mass is 35.5. The van der Waals surface area contributed by atoms with Crippen LogP contribution in [0.5, 0.6) is 0 Å². The van der Waals surface area contributed by atoms with Gasteiger partial charge in [-0.15, -0.1) is 12.4 Å². The van der Waals surface area contributed by atoms with Crippen LogP contribution in [0.15, 0.2) is 4.99 Å². The molecular formula is C10H24ClN3O2PS+. The number of rotatable bonds is 10. The predicted molar refractivity (Wildman–Crippen MR) is 81.7 cm³/mol. The molecule has 0 saturated heterocycles. The van der Waals surface area contributed by atoms with E-state index in [9.17, 15) is 0 Å². The van der Waals surface area contributed by atoms with Gasteiger partial charge >= 0.3 is 0 Å². The van der Waals surface area contributed by atoms with Crippen LogP contribution in [-0.2, 0) is 21.6 Å². The molecule has 0 aliphatic carbocycles. The molecule has 0 rings (SSSR count). The number of nitrogens with one attached hydrogen (secondary N) is 2. The first-order chi connectivity index (χ1) is 8.20. The third-order valence-electron chi connectivity index (χ3n) is 1.90. The van der Waals surface area contributed by atoms with Crippen molar-refractivity contribution in [1.82, 2.24) is 5.32 Å². The molecule has 0 aromatic heterocycles. The molecule has 0 aromatic rings. The van der Waals surface area contributed by atoms with Gasteiger partial charge in [0.2, 0.25) is 5.90 Å². The second kappa shape index (κ2) is 15.2. The molecule has 0 atom stereocenters. The maximum atomic E-state index is 5.06. The van der Waals surface area contributed by atoms with Crippen molar-refractivity contribution < 1.29 is 14.7 Å². The van der Waals surface area contributed by atoms with E-state index in [1.807, 2.05) is 6.92 Å². The smallest absolute Gasteiger partial charge is 0.241 e. The summed E-state index contributed by atoms with van der Waals surface area (Å²) in [4.78, 5) is 15.6.